The molecule has 1 aliphatic rings. The Labute approximate surface area is 135 Å². The van der Waals surface area contributed by atoms with Crippen molar-refractivity contribution in [3.05, 3.63) is 67.5 Å². The molecule has 1 aromatic carbocycles. The standard InChI is InChI=1S/C16H12N2O4S/c1-2-11-6-5-10(9-13(11)18(20)21)8-12-16(19)22-15(17-12)14-4-3-7-23-14/h3-9H,2H2,1H3/b12-8-. The third kappa shape index (κ3) is 3.04. The van der Waals surface area contributed by atoms with Gasteiger partial charge in [-0.3, -0.25) is 10.1 Å². The number of nitro groups is 1. The molecule has 0 saturated carbocycles. The number of benzene rings is 1. The zero-order chi connectivity index (χ0) is 16.4. The van der Waals surface area contributed by atoms with Gasteiger partial charge in [0.05, 0.1) is 9.80 Å². The van der Waals surface area contributed by atoms with Gasteiger partial charge < -0.3 is 4.74 Å². The summed E-state index contributed by atoms with van der Waals surface area (Å²) in [4.78, 5) is 27.5. The van der Waals surface area contributed by atoms with Crippen molar-refractivity contribution in [3.63, 3.8) is 0 Å². The summed E-state index contributed by atoms with van der Waals surface area (Å²) < 4.78 is 5.13. The highest BCUT2D eigenvalue weighted by molar-refractivity contribution is 7.12. The van der Waals surface area contributed by atoms with E-state index in [1.54, 1.807) is 18.2 Å². The van der Waals surface area contributed by atoms with Crippen LogP contribution in [0.5, 0.6) is 0 Å². The van der Waals surface area contributed by atoms with Gasteiger partial charge in [-0.25, -0.2) is 9.79 Å². The fraction of sp³-hybridized carbons (Fsp3) is 0.125. The number of cyclic esters (lactones) is 1. The lowest BCUT2D eigenvalue weighted by atomic mass is 10.1. The maximum Gasteiger partial charge on any atom is 0.363 e. The highest BCUT2D eigenvalue weighted by Crippen LogP contribution is 2.25. The number of nitrogens with zero attached hydrogens (tertiary/aromatic N) is 2. The Hall–Kier alpha value is -2.80. The second kappa shape index (κ2) is 6.13. The van der Waals surface area contributed by atoms with E-state index in [0.717, 1.165) is 4.88 Å². The van der Waals surface area contributed by atoms with Crippen LogP contribution < -0.4 is 0 Å². The minimum absolute atomic E-state index is 0.0377. The molecule has 0 saturated heterocycles. The molecule has 0 unspecified atom stereocenters. The normalized spacial score (nSPS) is 15.6. The van der Waals surface area contributed by atoms with Crippen molar-refractivity contribution in [1.82, 2.24) is 0 Å². The monoisotopic (exact) mass is 328 g/mol. The first-order valence-electron chi connectivity index (χ1n) is 6.92. The number of nitro benzene ring substituents is 1. The van der Waals surface area contributed by atoms with Crippen LogP contribution >= 0.6 is 11.3 Å². The number of thiophene rings is 1. The fourth-order valence-corrected chi connectivity index (χ4v) is 2.86. The molecule has 0 N–H and O–H groups in total. The molecule has 0 fully saturated rings. The van der Waals surface area contributed by atoms with Crippen molar-refractivity contribution in [2.24, 2.45) is 4.99 Å². The van der Waals surface area contributed by atoms with Crippen LogP contribution in [0.4, 0.5) is 5.69 Å². The van der Waals surface area contributed by atoms with Crippen molar-refractivity contribution in [2.45, 2.75) is 13.3 Å². The maximum atomic E-state index is 11.9. The highest BCUT2D eigenvalue weighted by atomic mass is 32.1. The van der Waals surface area contributed by atoms with Crippen LogP contribution in [0.15, 0.2) is 46.4 Å². The van der Waals surface area contributed by atoms with E-state index < -0.39 is 10.9 Å². The van der Waals surface area contributed by atoms with Gasteiger partial charge in [-0.2, -0.15) is 0 Å². The van der Waals surface area contributed by atoms with Gasteiger partial charge >= 0.3 is 5.97 Å². The largest absolute Gasteiger partial charge is 0.401 e. The SMILES string of the molecule is CCc1ccc(/C=C2\N=C(c3cccs3)OC2=O)cc1[N+](=O)[O-]. The molecule has 116 valence electrons. The highest BCUT2D eigenvalue weighted by Gasteiger charge is 2.25. The smallest absolute Gasteiger partial charge is 0.363 e. The number of aryl methyl sites for hydroxylation is 1. The molecule has 0 amide bonds. The van der Waals surface area contributed by atoms with Gasteiger partial charge in [0, 0.05) is 11.6 Å². The van der Waals surface area contributed by atoms with Gasteiger partial charge in [0.15, 0.2) is 5.70 Å². The van der Waals surface area contributed by atoms with Crippen molar-refractivity contribution in [2.75, 3.05) is 0 Å². The molecule has 0 atom stereocenters. The third-order valence-corrected chi connectivity index (χ3v) is 4.20. The van der Waals surface area contributed by atoms with E-state index in [2.05, 4.69) is 4.99 Å². The van der Waals surface area contributed by atoms with Crippen molar-refractivity contribution >= 4 is 35.0 Å². The summed E-state index contributed by atoms with van der Waals surface area (Å²) in [6.07, 6.45) is 2.06. The summed E-state index contributed by atoms with van der Waals surface area (Å²) in [7, 11) is 0. The van der Waals surface area contributed by atoms with Gasteiger partial charge in [0.2, 0.25) is 5.90 Å². The summed E-state index contributed by atoms with van der Waals surface area (Å²) in [5.74, 6) is -0.299. The Morgan fingerprint density at radius 2 is 2.22 bits per heavy atom. The van der Waals surface area contributed by atoms with Gasteiger partial charge in [-0.15, -0.1) is 11.3 Å². The summed E-state index contributed by atoms with van der Waals surface area (Å²) in [6, 6.07) is 8.50. The van der Waals surface area contributed by atoms with Gasteiger partial charge in [-0.1, -0.05) is 25.1 Å². The molecule has 7 heteroatoms. The molecule has 0 aliphatic carbocycles. The molecular formula is C16H12N2O4S. The second-order valence-electron chi connectivity index (χ2n) is 4.81. The maximum absolute atomic E-state index is 11.9. The summed E-state index contributed by atoms with van der Waals surface area (Å²) in [5, 5.41) is 13.0. The number of esters is 1. The number of carbonyl (C=O) groups is 1. The van der Waals surface area contributed by atoms with Gasteiger partial charge in [-0.05, 0) is 29.5 Å². The molecule has 3 rings (SSSR count). The van der Waals surface area contributed by atoms with E-state index in [1.165, 1.54) is 23.5 Å². The molecular weight excluding hydrogens is 316 g/mol. The van der Waals surface area contributed by atoms with Crippen LogP contribution in [-0.2, 0) is 16.0 Å². The summed E-state index contributed by atoms with van der Waals surface area (Å²) in [5.41, 5.74) is 1.36. The minimum atomic E-state index is -0.560. The van der Waals surface area contributed by atoms with Crippen LogP contribution in [0.3, 0.4) is 0 Å². The third-order valence-electron chi connectivity index (χ3n) is 3.34. The first-order chi connectivity index (χ1) is 11.1. The van der Waals surface area contributed by atoms with Crippen LogP contribution in [-0.4, -0.2) is 16.8 Å². The average molecular weight is 328 g/mol. The molecule has 23 heavy (non-hydrogen) atoms. The van der Waals surface area contributed by atoms with Crippen LogP contribution in [0, 0.1) is 10.1 Å². The lowest BCUT2D eigenvalue weighted by Crippen LogP contribution is -2.03. The van der Waals surface area contributed by atoms with E-state index in [9.17, 15) is 14.9 Å². The molecule has 6 nitrogen and oxygen atoms in total. The van der Waals surface area contributed by atoms with Crippen molar-refractivity contribution in [1.29, 1.82) is 0 Å². The summed E-state index contributed by atoms with van der Waals surface area (Å²) >= 11 is 1.42. The van der Waals surface area contributed by atoms with Crippen LogP contribution in [0.25, 0.3) is 6.08 Å². The fourth-order valence-electron chi connectivity index (χ4n) is 2.21. The quantitative estimate of drug-likeness (QED) is 0.372. The Bertz CT molecular complexity index is 838. The number of ether oxygens (including phenoxy) is 1. The number of aliphatic imine (C=N–C) groups is 1. The second-order valence-corrected chi connectivity index (χ2v) is 5.76. The van der Waals surface area contributed by atoms with Gasteiger partial charge in [0.25, 0.3) is 5.69 Å². The lowest BCUT2D eigenvalue weighted by molar-refractivity contribution is -0.385. The van der Waals surface area contributed by atoms with E-state index in [-0.39, 0.29) is 17.3 Å². The van der Waals surface area contributed by atoms with Crippen LogP contribution in [0.2, 0.25) is 0 Å². The molecule has 1 aliphatic heterocycles. The first-order valence-corrected chi connectivity index (χ1v) is 7.80. The molecule has 1 aromatic heterocycles. The minimum Gasteiger partial charge on any atom is -0.401 e. The number of hydrogen-bond acceptors (Lipinski definition) is 6. The lowest BCUT2D eigenvalue weighted by Gasteiger charge is -2.01. The number of rotatable bonds is 4. The Morgan fingerprint density at radius 3 is 2.87 bits per heavy atom. The predicted octanol–water partition coefficient (Wildman–Crippen LogP) is 3.56. The van der Waals surface area contributed by atoms with E-state index in [4.69, 9.17) is 4.74 Å². The number of hydrogen-bond donors (Lipinski definition) is 0. The van der Waals surface area contributed by atoms with E-state index >= 15 is 0 Å². The van der Waals surface area contributed by atoms with Gasteiger partial charge in [0.1, 0.15) is 0 Å². The Kier molecular flexibility index (Phi) is 4.03. The topological polar surface area (TPSA) is 81.8 Å². The molecule has 0 radical (unpaired) electrons. The molecule has 0 spiro atoms. The molecule has 2 aromatic rings. The Balaban J connectivity index is 1.97. The van der Waals surface area contributed by atoms with Crippen molar-refractivity contribution in [3.8, 4) is 0 Å². The first kappa shape index (κ1) is 15.1. The summed E-state index contributed by atoms with van der Waals surface area (Å²) in [6.45, 7) is 1.85. The molecule has 2 heterocycles. The Morgan fingerprint density at radius 1 is 1.39 bits per heavy atom. The van der Waals surface area contributed by atoms with Crippen molar-refractivity contribution < 1.29 is 14.5 Å². The average Bonchev–Trinajstić information content (AvgIpc) is 3.17. The predicted molar refractivity (Wildman–Crippen MR) is 87.4 cm³/mol. The van der Waals surface area contributed by atoms with E-state index in [1.807, 2.05) is 18.4 Å². The number of carbonyl (C=O) groups excluding carboxylic acids is 1. The zero-order valence-electron chi connectivity index (χ0n) is 12.2. The van der Waals surface area contributed by atoms with E-state index in [0.29, 0.717) is 17.5 Å². The van der Waals surface area contributed by atoms with Crippen LogP contribution in [0.1, 0.15) is 22.9 Å². The zero-order valence-corrected chi connectivity index (χ0v) is 13.0. The molecule has 0 bridgehead atoms.